The van der Waals surface area contributed by atoms with Crippen molar-refractivity contribution in [3.05, 3.63) is 53.1 Å². The van der Waals surface area contributed by atoms with Crippen LogP contribution in [-0.2, 0) is 6.42 Å². The summed E-state index contributed by atoms with van der Waals surface area (Å²) < 4.78 is 11.2. The van der Waals surface area contributed by atoms with E-state index in [9.17, 15) is 4.79 Å². The smallest absolute Gasteiger partial charge is 0.203 e. The maximum Gasteiger partial charge on any atom is 0.203 e. The topological polar surface area (TPSA) is 35.5 Å². The van der Waals surface area contributed by atoms with E-state index < -0.39 is 0 Å². The van der Waals surface area contributed by atoms with Gasteiger partial charge in [-0.25, -0.2) is 0 Å². The standard InChI is InChI=1S/C15H10O3/c16-12-8-17-15-7-14-10(6-11(12)15)5-9-3-1-2-4-13(9)18-14/h1-4,6-7H,5,8H2. The molecule has 0 amide bonds. The molecule has 88 valence electrons. The molecule has 2 aromatic carbocycles. The SMILES string of the molecule is O=C1COc2cc3c(cc21)Cc1ccccc1O3. The highest BCUT2D eigenvalue weighted by atomic mass is 16.5. The molecule has 0 bridgehead atoms. The number of hydrogen-bond acceptors (Lipinski definition) is 3. The van der Waals surface area contributed by atoms with Crippen molar-refractivity contribution in [2.75, 3.05) is 6.61 Å². The first-order valence-corrected chi connectivity index (χ1v) is 5.90. The Hall–Kier alpha value is -2.29. The van der Waals surface area contributed by atoms with Crippen molar-refractivity contribution in [1.82, 2.24) is 0 Å². The van der Waals surface area contributed by atoms with Crippen molar-refractivity contribution in [2.45, 2.75) is 6.42 Å². The van der Waals surface area contributed by atoms with Crippen LogP contribution in [0.4, 0.5) is 0 Å². The number of hydrogen-bond donors (Lipinski definition) is 0. The summed E-state index contributed by atoms with van der Waals surface area (Å²) in [6.07, 6.45) is 0.798. The van der Waals surface area contributed by atoms with Crippen LogP contribution in [0.1, 0.15) is 21.5 Å². The Balaban J connectivity index is 1.86. The predicted molar refractivity (Wildman–Crippen MR) is 65.6 cm³/mol. The van der Waals surface area contributed by atoms with Gasteiger partial charge in [-0.2, -0.15) is 0 Å². The Kier molecular flexibility index (Phi) is 1.81. The first-order chi connectivity index (χ1) is 8.81. The maximum atomic E-state index is 11.6. The fourth-order valence-corrected chi connectivity index (χ4v) is 2.47. The highest BCUT2D eigenvalue weighted by Gasteiger charge is 2.26. The Morgan fingerprint density at radius 2 is 1.83 bits per heavy atom. The quantitative estimate of drug-likeness (QED) is 0.604. The Morgan fingerprint density at radius 1 is 0.944 bits per heavy atom. The molecule has 0 saturated heterocycles. The monoisotopic (exact) mass is 238 g/mol. The van der Waals surface area contributed by atoms with E-state index in [1.54, 1.807) is 0 Å². The molecular formula is C15H10O3. The molecule has 3 nitrogen and oxygen atoms in total. The van der Waals surface area contributed by atoms with Gasteiger partial charge in [0.1, 0.15) is 17.2 Å². The zero-order valence-electron chi connectivity index (χ0n) is 9.60. The number of carbonyl (C=O) groups is 1. The minimum absolute atomic E-state index is 0.0478. The van der Waals surface area contributed by atoms with Crippen molar-refractivity contribution >= 4 is 5.78 Å². The van der Waals surface area contributed by atoms with Gasteiger partial charge in [0.05, 0.1) is 5.56 Å². The number of carbonyl (C=O) groups excluding carboxylic acids is 1. The van der Waals surface area contributed by atoms with Gasteiger partial charge in [0, 0.05) is 18.1 Å². The average molecular weight is 238 g/mol. The molecule has 3 heteroatoms. The van der Waals surface area contributed by atoms with Crippen LogP contribution in [-0.4, -0.2) is 12.4 Å². The Morgan fingerprint density at radius 3 is 2.78 bits per heavy atom. The first kappa shape index (κ1) is 9.71. The maximum absolute atomic E-state index is 11.6. The van der Waals surface area contributed by atoms with Gasteiger partial charge in [-0.1, -0.05) is 18.2 Å². The van der Waals surface area contributed by atoms with E-state index in [0.29, 0.717) is 11.3 Å². The van der Waals surface area contributed by atoms with Crippen LogP contribution in [0.5, 0.6) is 17.2 Å². The summed E-state index contributed by atoms with van der Waals surface area (Å²) in [7, 11) is 0. The Bertz CT molecular complexity index is 673. The number of ether oxygens (including phenoxy) is 2. The Labute approximate surface area is 104 Å². The van der Waals surface area contributed by atoms with Crippen LogP contribution in [0.2, 0.25) is 0 Å². The van der Waals surface area contributed by atoms with Gasteiger partial charge in [0.15, 0.2) is 6.61 Å². The minimum atomic E-state index is 0.0478. The fraction of sp³-hybridized carbons (Fsp3) is 0.133. The van der Waals surface area contributed by atoms with Gasteiger partial charge in [-0.05, 0) is 17.7 Å². The lowest BCUT2D eigenvalue weighted by molar-refractivity contribution is 0.0961. The molecule has 0 fully saturated rings. The second kappa shape index (κ2) is 3.35. The number of rotatable bonds is 0. The van der Waals surface area contributed by atoms with E-state index in [2.05, 4.69) is 0 Å². The van der Waals surface area contributed by atoms with Crippen LogP contribution < -0.4 is 9.47 Å². The molecule has 2 aliphatic heterocycles. The predicted octanol–water partition coefficient (Wildman–Crippen LogP) is 2.96. The summed E-state index contributed by atoms with van der Waals surface area (Å²) in [6, 6.07) is 11.7. The van der Waals surface area contributed by atoms with E-state index >= 15 is 0 Å². The second-order valence-corrected chi connectivity index (χ2v) is 4.55. The molecule has 0 unspecified atom stereocenters. The van der Waals surface area contributed by atoms with Gasteiger partial charge in [-0.15, -0.1) is 0 Å². The first-order valence-electron chi connectivity index (χ1n) is 5.90. The molecule has 4 rings (SSSR count). The lowest BCUT2D eigenvalue weighted by Gasteiger charge is -2.20. The molecule has 0 saturated carbocycles. The number of fused-ring (bicyclic) bond motifs is 3. The molecule has 0 spiro atoms. The summed E-state index contributed by atoms with van der Waals surface area (Å²) in [4.78, 5) is 11.6. The van der Waals surface area contributed by atoms with Gasteiger partial charge >= 0.3 is 0 Å². The van der Waals surface area contributed by atoms with Crippen LogP contribution in [0.3, 0.4) is 0 Å². The molecule has 0 radical (unpaired) electrons. The van der Waals surface area contributed by atoms with Crippen molar-refractivity contribution in [3.8, 4) is 17.2 Å². The highest BCUT2D eigenvalue weighted by Crippen LogP contribution is 2.41. The lowest BCUT2D eigenvalue weighted by atomic mass is 9.97. The van der Waals surface area contributed by atoms with Crippen LogP contribution >= 0.6 is 0 Å². The average Bonchev–Trinajstić information content (AvgIpc) is 2.75. The van der Waals surface area contributed by atoms with Crippen molar-refractivity contribution in [2.24, 2.45) is 0 Å². The summed E-state index contributed by atoms with van der Waals surface area (Å²) in [5.74, 6) is 2.36. The number of ketones is 1. The second-order valence-electron chi connectivity index (χ2n) is 4.55. The van der Waals surface area contributed by atoms with Crippen LogP contribution in [0.15, 0.2) is 36.4 Å². The fourth-order valence-electron chi connectivity index (χ4n) is 2.47. The zero-order chi connectivity index (χ0) is 12.1. The molecule has 0 aromatic heterocycles. The molecule has 2 aliphatic rings. The molecular weight excluding hydrogens is 228 g/mol. The van der Waals surface area contributed by atoms with E-state index in [-0.39, 0.29) is 12.4 Å². The third-order valence-electron chi connectivity index (χ3n) is 3.40. The zero-order valence-corrected chi connectivity index (χ0v) is 9.60. The van der Waals surface area contributed by atoms with E-state index in [0.717, 1.165) is 29.0 Å². The molecule has 0 aliphatic carbocycles. The largest absolute Gasteiger partial charge is 0.485 e. The third-order valence-corrected chi connectivity index (χ3v) is 3.40. The van der Waals surface area contributed by atoms with Gasteiger partial charge in [-0.3, -0.25) is 4.79 Å². The van der Waals surface area contributed by atoms with E-state index in [1.807, 2.05) is 36.4 Å². The lowest BCUT2D eigenvalue weighted by Crippen LogP contribution is -2.04. The summed E-state index contributed by atoms with van der Waals surface area (Å²) in [5, 5.41) is 0. The van der Waals surface area contributed by atoms with E-state index in [1.165, 1.54) is 0 Å². The van der Waals surface area contributed by atoms with Gasteiger partial charge in [0.25, 0.3) is 0 Å². The normalized spacial score (nSPS) is 15.2. The van der Waals surface area contributed by atoms with Gasteiger partial charge in [0.2, 0.25) is 5.78 Å². The number of benzene rings is 2. The number of Topliss-reactive ketones (excluding diaryl/α,β-unsaturated/α-hetero) is 1. The van der Waals surface area contributed by atoms with Gasteiger partial charge < -0.3 is 9.47 Å². The molecule has 0 atom stereocenters. The minimum Gasteiger partial charge on any atom is -0.485 e. The summed E-state index contributed by atoms with van der Waals surface area (Å²) >= 11 is 0. The van der Waals surface area contributed by atoms with Crippen LogP contribution in [0, 0.1) is 0 Å². The van der Waals surface area contributed by atoms with Crippen LogP contribution in [0.25, 0.3) is 0 Å². The van der Waals surface area contributed by atoms with Crippen molar-refractivity contribution < 1.29 is 14.3 Å². The molecule has 2 aromatic rings. The summed E-state index contributed by atoms with van der Waals surface area (Å²) in [5.41, 5.74) is 2.87. The van der Waals surface area contributed by atoms with E-state index in [4.69, 9.17) is 9.47 Å². The summed E-state index contributed by atoms with van der Waals surface area (Å²) in [6.45, 7) is 0.144. The van der Waals surface area contributed by atoms with Crippen molar-refractivity contribution in [3.63, 3.8) is 0 Å². The van der Waals surface area contributed by atoms with Crippen molar-refractivity contribution in [1.29, 1.82) is 0 Å². The highest BCUT2D eigenvalue weighted by molar-refractivity contribution is 6.02. The number of para-hydroxylation sites is 1. The molecule has 0 N–H and O–H groups in total. The molecule has 2 heterocycles. The third kappa shape index (κ3) is 1.27. The molecule has 18 heavy (non-hydrogen) atoms.